The van der Waals surface area contributed by atoms with Gasteiger partial charge in [0.2, 0.25) is 10.8 Å². The summed E-state index contributed by atoms with van der Waals surface area (Å²) >= 11 is 0. The van der Waals surface area contributed by atoms with Gasteiger partial charge in [-0.1, -0.05) is 24.3 Å². The van der Waals surface area contributed by atoms with E-state index in [0.29, 0.717) is 0 Å². The van der Waals surface area contributed by atoms with Crippen molar-refractivity contribution in [3.63, 3.8) is 0 Å². The number of diazo groups is 2. The molecule has 5 aromatic carbocycles. The van der Waals surface area contributed by atoms with Gasteiger partial charge in [-0.2, -0.15) is 16.8 Å². The van der Waals surface area contributed by atoms with Crippen LogP contribution in [0.3, 0.4) is 0 Å². The summed E-state index contributed by atoms with van der Waals surface area (Å²) in [5.74, 6) is -3.10. The van der Waals surface area contributed by atoms with Crippen molar-refractivity contribution in [3.8, 4) is 28.7 Å². The third-order valence-electron chi connectivity index (χ3n) is 5.93. The summed E-state index contributed by atoms with van der Waals surface area (Å²) < 4.78 is 62.9. The first-order valence-corrected chi connectivity index (χ1v) is 14.2. The molecule has 0 fully saturated rings. The van der Waals surface area contributed by atoms with Gasteiger partial charge in [0, 0.05) is 41.1 Å². The normalized spacial score (nSPS) is 11.6. The molecule has 0 bridgehead atoms. The number of phenolic OH excluding ortho intramolecular Hbond substituents is 1. The van der Waals surface area contributed by atoms with Crippen LogP contribution in [-0.2, 0) is 20.2 Å². The van der Waals surface area contributed by atoms with Crippen molar-refractivity contribution in [2.24, 2.45) is 0 Å². The van der Waals surface area contributed by atoms with Crippen LogP contribution >= 0.6 is 0 Å². The highest BCUT2D eigenvalue weighted by Gasteiger charge is 2.25. The average Bonchev–Trinajstić information content (AvgIpc) is 2.92. The predicted octanol–water partition coefficient (Wildman–Crippen LogP) is 4.35. The first-order chi connectivity index (χ1) is 19.4. The molecule has 0 atom stereocenters. The number of benzene rings is 5. The number of aromatic hydroxyl groups is 1. The number of hydrogen-bond donors (Lipinski definition) is 1. The van der Waals surface area contributed by atoms with E-state index in [9.17, 15) is 32.2 Å². The average molecular weight is 591 g/mol. The van der Waals surface area contributed by atoms with Gasteiger partial charge in [-0.25, -0.2) is 0 Å². The van der Waals surface area contributed by atoms with Crippen molar-refractivity contribution in [2.45, 2.75) is 9.79 Å². The molecular weight excluding hydrogens is 576 g/mol. The van der Waals surface area contributed by atoms with Gasteiger partial charge in [-0.3, -0.25) is 0 Å². The Hall–Kier alpha value is -5.64. The zero-order valence-corrected chi connectivity index (χ0v) is 22.0. The van der Waals surface area contributed by atoms with Crippen LogP contribution in [0.25, 0.3) is 31.5 Å². The second-order valence-electron chi connectivity index (χ2n) is 8.47. The third kappa shape index (κ3) is 4.82. The quantitative estimate of drug-likeness (QED) is 0.217. The molecule has 0 spiro atoms. The lowest BCUT2D eigenvalue weighted by atomic mass is 10.1. The van der Waals surface area contributed by atoms with Gasteiger partial charge in [0.15, 0.2) is 9.95 Å². The second kappa shape index (κ2) is 9.83. The lowest BCUT2D eigenvalue weighted by Crippen LogP contribution is -2.12. The Kier molecular flexibility index (Phi) is 6.46. The summed E-state index contributed by atoms with van der Waals surface area (Å²) in [7, 11) is -9.32. The van der Waals surface area contributed by atoms with Crippen LogP contribution in [0.4, 0.5) is 11.4 Å². The maximum atomic E-state index is 13.1. The van der Waals surface area contributed by atoms with Gasteiger partial charge in [0.05, 0.1) is 0 Å². The Morgan fingerprint density at radius 3 is 1.41 bits per heavy atom. The van der Waals surface area contributed by atoms with Crippen LogP contribution in [-0.4, -0.2) is 21.9 Å². The Balaban J connectivity index is 1.51. The molecule has 0 aliphatic rings. The van der Waals surface area contributed by atoms with Gasteiger partial charge >= 0.3 is 31.6 Å². The standard InChI is InChI=1S/C26H14N4O9S2/c27-29-21-9-7-17-19(25(21)32)3-1-5-23(17)40(34,35)38-15-11-14(31)12-16(13-15)39-41(36,37)24-6-2-4-20-18(24)8-10-22(30-28)26(20)33/h1-13H,(H-2,31,32,33). The third-order valence-corrected chi connectivity index (χ3v) is 8.55. The summed E-state index contributed by atoms with van der Waals surface area (Å²) in [6.45, 7) is 0. The molecular formula is C26H14N4O9S2. The number of hydrogen-bond acceptors (Lipinski definition) is 11. The van der Waals surface area contributed by atoms with E-state index in [4.69, 9.17) is 19.2 Å². The first kappa shape index (κ1) is 26.9. The molecule has 0 aliphatic carbocycles. The van der Waals surface area contributed by atoms with Crippen molar-refractivity contribution >= 4 is 53.2 Å². The first-order valence-electron chi connectivity index (χ1n) is 11.3. The van der Waals surface area contributed by atoms with Gasteiger partial charge in [0.1, 0.15) is 27.0 Å². The number of phenols is 1. The minimum atomic E-state index is -4.66. The molecule has 5 aromatic rings. The summed E-state index contributed by atoms with van der Waals surface area (Å²) in [4.78, 5) is 4.88. The highest BCUT2D eigenvalue weighted by molar-refractivity contribution is 7.87. The Morgan fingerprint density at radius 1 is 0.610 bits per heavy atom. The van der Waals surface area contributed by atoms with Gasteiger partial charge < -0.3 is 23.7 Å². The SMILES string of the molecule is N#[N+]c1ccc2c(S(=O)(=O)Oc3cc(O)cc(OS(=O)(=O)c4cccc5c([O-])c([N+]#N)ccc45)c3)cccc2c1[O-]. The molecule has 0 radical (unpaired) electrons. The van der Waals surface area contributed by atoms with Gasteiger partial charge in [-0.05, 0) is 46.5 Å². The molecule has 1 N–H and O–H groups in total. The summed E-state index contributed by atoms with van der Waals surface area (Å²) in [5.41, 5.74) is -0.601. The monoisotopic (exact) mass is 590 g/mol. The fourth-order valence-electron chi connectivity index (χ4n) is 4.17. The molecule has 5 rings (SSSR count). The largest absolute Gasteiger partial charge is 0.867 e. The molecule has 204 valence electrons. The molecule has 0 aliphatic heterocycles. The maximum Gasteiger partial charge on any atom is 0.378 e. The fourth-order valence-corrected chi connectivity index (χ4v) is 6.43. The zero-order valence-electron chi connectivity index (χ0n) is 20.3. The van der Waals surface area contributed by atoms with E-state index in [1.54, 1.807) is 0 Å². The van der Waals surface area contributed by atoms with Crippen molar-refractivity contribution in [1.82, 2.24) is 0 Å². The fraction of sp³-hybridized carbons (Fsp3) is 0. The van der Waals surface area contributed by atoms with E-state index in [2.05, 4.69) is 9.95 Å². The van der Waals surface area contributed by atoms with Crippen LogP contribution in [0.2, 0.25) is 0 Å². The predicted molar refractivity (Wildman–Crippen MR) is 140 cm³/mol. The lowest BCUT2D eigenvalue weighted by molar-refractivity contribution is -0.265. The molecule has 0 heterocycles. The van der Waals surface area contributed by atoms with E-state index < -0.39 is 58.8 Å². The van der Waals surface area contributed by atoms with Crippen molar-refractivity contribution < 1.29 is 40.5 Å². The van der Waals surface area contributed by atoms with Crippen LogP contribution in [0.5, 0.6) is 28.7 Å². The van der Waals surface area contributed by atoms with E-state index in [1.165, 1.54) is 36.4 Å². The number of fused-ring (bicyclic) bond motifs is 2. The van der Waals surface area contributed by atoms with Gasteiger partial charge in [-0.15, -0.1) is 0 Å². The van der Waals surface area contributed by atoms with Crippen molar-refractivity contribution in [1.29, 1.82) is 10.8 Å². The molecule has 15 heteroatoms. The molecule has 0 unspecified atom stereocenters. The summed E-state index contributed by atoms with van der Waals surface area (Å²) in [6.07, 6.45) is 0. The van der Waals surface area contributed by atoms with E-state index >= 15 is 0 Å². The van der Waals surface area contributed by atoms with Gasteiger partial charge in [0.25, 0.3) is 0 Å². The lowest BCUT2D eigenvalue weighted by Gasteiger charge is -2.14. The van der Waals surface area contributed by atoms with Crippen LogP contribution in [0.1, 0.15) is 0 Å². The smallest absolute Gasteiger partial charge is 0.378 e. The van der Waals surface area contributed by atoms with E-state index in [-0.39, 0.29) is 32.9 Å². The number of rotatable bonds is 6. The van der Waals surface area contributed by atoms with Crippen LogP contribution < -0.4 is 18.6 Å². The topological polar surface area (TPSA) is 209 Å². The molecule has 0 amide bonds. The molecule has 0 saturated carbocycles. The Bertz CT molecular complexity index is 2050. The Labute approximate surface area is 231 Å². The highest BCUT2D eigenvalue weighted by Crippen LogP contribution is 2.38. The van der Waals surface area contributed by atoms with E-state index in [1.807, 2.05) is 0 Å². The highest BCUT2D eigenvalue weighted by atomic mass is 32.2. The van der Waals surface area contributed by atoms with Crippen LogP contribution in [0, 0.1) is 10.8 Å². The molecule has 0 saturated heterocycles. The minimum Gasteiger partial charge on any atom is -0.867 e. The second-order valence-corrected chi connectivity index (χ2v) is 11.5. The summed E-state index contributed by atoms with van der Waals surface area (Å²) in [5, 5.41) is 52.8. The zero-order chi connectivity index (χ0) is 29.5. The van der Waals surface area contributed by atoms with Crippen molar-refractivity contribution in [2.75, 3.05) is 0 Å². The summed E-state index contributed by atoms with van der Waals surface area (Å²) in [6, 6.07) is 15.0. The Morgan fingerprint density at radius 2 is 1.02 bits per heavy atom. The number of nitrogens with zero attached hydrogens (tertiary/aromatic N) is 4. The molecule has 0 aromatic heterocycles. The van der Waals surface area contributed by atoms with Crippen molar-refractivity contribution in [3.05, 3.63) is 88.8 Å². The molecule has 13 nitrogen and oxygen atoms in total. The molecule has 41 heavy (non-hydrogen) atoms. The minimum absolute atomic E-state index is 0.0324. The maximum absolute atomic E-state index is 13.1. The van der Waals surface area contributed by atoms with Crippen LogP contribution in [0.15, 0.2) is 88.7 Å². The van der Waals surface area contributed by atoms with E-state index in [0.717, 1.165) is 42.5 Å².